The molecule has 96 valence electrons. The topological polar surface area (TPSA) is 54.9 Å². The first-order valence-corrected chi connectivity index (χ1v) is 6.35. The van der Waals surface area contributed by atoms with E-state index in [2.05, 4.69) is 15.3 Å². The second-order valence-electron chi connectivity index (χ2n) is 3.31. The molecule has 1 aliphatic rings. The summed E-state index contributed by atoms with van der Waals surface area (Å²) >= 11 is 0. The average Bonchev–Trinajstić information content (AvgIpc) is 3.18. The van der Waals surface area contributed by atoms with E-state index < -0.39 is 0 Å². The minimum absolute atomic E-state index is 0.0694. The zero-order valence-corrected chi connectivity index (χ0v) is 11.4. The van der Waals surface area contributed by atoms with Crippen molar-refractivity contribution in [3.8, 4) is 0 Å². The molecule has 4 nitrogen and oxygen atoms in total. The van der Waals surface area contributed by atoms with Crippen LogP contribution in [0.4, 0.5) is 5.82 Å². The summed E-state index contributed by atoms with van der Waals surface area (Å²) in [5, 5.41) is 2.73. The van der Waals surface area contributed by atoms with E-state index in [1.807, 2.05) is 34.6 Å². The fourth-order valence-electron chi connectivity index (χ4n) is 1.10. The summed E-state index contributed by atoms with van der Waals surface area (Å²) in [6, 6.07) is 0. The first-order chi connectivity index (χ1) is 8.25. The number of amides is 1. The normalized spacial score (nSPS) is 12.5. The van der Waals surface area contributed by atoms with Crippen LogP contribution in [-0.4, -0.2) is 15.9 Å². The predicted octanol–water partition coefficient (Wildman–Crippen LogP) is 3.19. The Morgan fingerprint density at radius 1 is 1.24 bits per heavy atom. The van der Waals surface area contributed by atoms with Gasteiger partial charge in [-0.1, -0.05) is 27.7 Å². The lowest BCUT2D eigenvalue weighted by atomic mass is 10.4. The van der Waals surface area contributed by atoms with Crippen LogP contribution >= 0.6 is 0 Å². The lowest BCUT2D eigenvalue weighted by Crippen LogP contribution is -2.14. The van der Waals surface area contributed by atoms with Crippen molar-refractivity contribution >= 4 is 11.7 Å². The molecule has 4 heteroatoms. The molecule has 1 aromatic heterocycles. The molecule has 0 bridgehead atoms. The Bertz CT molecular complexity index is 335. The van der Waals surface area contributed by atoms with Gasteiger partial charge >= 0.3 is 0 Å². The smallest absolute Gasteiger partial charge is 0.228 e. The third kappa shape index (κ3) is 6.00. The van der Waals surface area contributed by atoms with E-state index in [-0.39, 0.29) is 11.8 Å². The van der Waals surface area contributed by atoms with Crippen LogP contribution in [0.2, 0.25) is 0 Å². The lowest BCUT2D eigenvalue weighted by Gasteiger charge is -2.02. The molecule has 0 aliphatic heterocycles. The van der Waals surface area contributed by atoms with Crippen molar-refractivity contribution in [1.82, 2.24) is 9.97 Å². The summed E-state index contributed by atoms with van der Waals surface area (Å²) in [4.78, 5) is 19.4. The number of nitrogens with one attached hydrogen (secondary N) is 1. The molecule has 1 amide bonds. The maximum atomic E-state index is 11.3. The Morgan fingerprint density at radius 2 is 1.82 bits per heavy atom. The van der Waals surface area contributed by atoms with E-state index in [4.69, 9.17) is 0 Å². The predicted molar refractivity (Wildman–Crippen MR) is 70.8 cm³/mol. The molecule has 0 unspecified atom stereocenters. The Morgan fingerprint density at radius 3 is 2.29 bits per heavy atom. The number of aromatic nitrogens is 2. The molecule has 0 atom stereocenters. The zero-order chi connectivity index (χ0) is 13.3. The second kappa shape index (κ2) is 8.67. The standard InChI is InChI=1S/C9H11N3O.2C2H6/c1-6-4-10-5-8(11-6)12-9(13)7-2-3-7;2*1-2/h4-5,7H,2-3H2,1H3,(H,11,12,13);2*1-2H3. The van der Waals surface area contributed by atoms with E-state index in [0.29, 0.717) is 5.82 Å². The summed E-state index contributed by atoms with van der Waals surface area (Å²) in [6.07, 6.45) is 5.23. The van der Waals surface area contributed by atoms with Crippen LogP contribution in [0.1, 0.15) is 46.2 Å². The van der Waals surface area contributed by atoms with E-state index in [9.17, 15) is 4.79 Å². The molecule has 1 saturated carbocycles. The maximum Gasteiger partial charge on any atom is 0.228 e. The molecule has 1 N–H and O–H groups in total. The molecule has 0 saturated heterocycles. The van der Waals surface area contributed by atoms with Gasteiger partial charge in [0, 0.05) is 12.1 Å². The summed E-state index contributed by atoms with van der Waals surface area (Å²) < 4.78 is 0. The van der Waals surface area contributed by atoms with Crippen LogP contribution in [0.15, 0.2) is 12.4 Å². The molecule has 1 aromatic rings. The zero-order valence-electron chi connectivity index (χ0n) is 11.4. The highest BCUT2D eigenvalue weighted by molar-refractivity contribution is 5.93. The largest absolute Gasteiger partial charge is 0.309 e. The van der Waals surface area contributed by atoms with Gasteiger partial charge in [0.05, 0.1) is 11.9 Å². The van der Waals surface area contributed by atoms with Gasteiger partial charge in [-0.3, -0.25) is 9.78 Å². The highest BCUT2D eigenvalue weighted by Crippen LogP contribution is 2.29. The van der Waals surface area contributed by atoms with Gasteiger partial charge in [-0.15, -0.1) is 0 Å². The molecular formula is C13H23N3O. The summed E-state index contributed by atoms with van der Waals surface area (Å²) in [7, 11) is 0. The third-order valence-electron chi connectivity index (χ3n) is 1.95. The fraction of sp³-hybridized carbons (Fsp3) is 0.615. The molecule has 0 spiro atoms. The van der Waals surface area contributed by atoms with Crippen LogP contribution in [-0.2, 0) is 4.79 Å². The first kappa shape index (κ1) is 15.6. The van der Waals surface area contributed by atoms with Gasteiger partial charge in [0.2, 0.25) is 5.91 Å². The summed E-state index contributed by atoms with van der Waals surface area (Å²) in [5.74, 6) is 0.833. The molecule has 1 heterocycles. The van der Waals surface area contributed by atoms with Crippen LogP contribution in [0.5, 0.6) is 0 Å². The number of anilines is 1. The van der Waals surface area contributed by atoms with Crippen molar-refractivity contribution in [2.45, 2.75) is 47.5 Å². The van der Waals surface area contributed by atoms with Gasteiger partial charge in [0.1, 0.15) is 0 Å². The van der Waals surface area contributed by atoms with E-state index in [1.165, 1.54) is 0 Å². The van der Waals surface area contributed by atoms with Crippen molar-refractivity contribution in [2.75, 3.05) is 5.32 Å². The second-order valence-corrected chi connectivity index (χ2v) is 3.31. The van der Waals surface area contributed by atoms with Gasteiger partial charge in [-0.2, -0.15) is 0 Å². The van der Waals surface area contributed by atoms with E-state index in [0.717, 1.165) is 18.5 Å². The molecule has 1 aliphatic carbocycles. The van der Waals surface area contributed by atoms with Crippen molar-refractivity contribution in [3.05, 3.63) is 18.1 Å². The van der Waals surface area contributed by atoms with Gasteiger partial charge < -0.3 is 5.32 Å². The van der Waals surface area contributed by atoms with Crippen molar-refractivity contribution < 1.29 is 4.79 Å². The maximum absolute atomic E-state index is 11.3. The number of nitrogens with zero attached hydrogens (tertiary/aromatic N) is 2. The van der Waals surface area contributed by atoms with Gasteiger partial charge in [-0.25, -0.2) is 4.98 Å². The molecule has 0 radical (unpaired) electrons. The van der Waals surface area contributed by atoms with Crippen LogP contribution < -0.4 is 5.32 Å². The molecular weight excluding hydrogens is 214 g/mol. The van der Waals surface area contributed by atoms with Crippen molar-refractivity contribution in [2.24, 2.45) is 5.92 Å². The van der Waals surface area contributed by atoms with E-state index >= 15 is 0 Å². The van der Waals surface area contributed by atoms with Crippen LogP contribution in [0.3, 0.4) is 0 Å². The van der Waals surface area contributed by atoms with Gasteiger partial charge in [0.25, 0.3) is 0 Å². The quantitative estimate of drug-likeness (QED) is 0.859. The number of hydrogen-bond donors (Lipinski definition) is 1. The monoisotopic (exact) mass is 237 g/mol. The Hall–Kier alpha value is -1.45. The molecule has 17 heavy (non-hydrogen) atoms. The number of hydrogen-bond acceptors (Lipinski definition) is 3. The number of carbonyl (C=O) groups is 1. The molecule has 0 aromatic carbocycles. The van der Waals surface area contributed by atoms with Gasteiger partial charge in [0.15, 0.2) is 5.82 Å². The average molecular weight is 237 g/mol. The first-order valence-electron chi connectivity index (χ1n) is 6.35. The van der Waals surface area contributed by atoms with Crippen LogP contribution in [0.25, 0.3) is 0 Å². The summed E-state index contributed by atoms with van der Waals surface area (Å²) in [6.45, 7) is 9.85. The fourth-order valence-corrected chi connectivity index (χ4v) is 1.10. The highest BCUT2D eigenvalue weighted by atomic mass is 16.2. The molecule has 2 rings (SSSR count). The van der Waals surface area contributed by atoms with Crippen molar-refractivity contribution in [1.29, 1.82) is 0 Å². The molecule has 1 fully saturated rings. The Balaban J connectivity index is 0.000000581. The highest BCUT2D eigenvalue weighted by Gasteiger charge is 2.29. The number of aryl methyl sites for hydroxylation is 1. The minimum atomic E-state index is 0.0694. The SMILES string of the molecule is CC.CC.Cc1cncc(NC(=O)C2CC2)n1. The minimum Gasteiger partial charge on any atom is -0.309 e. The van der Waals surface area contributed by atoms with Crippen LogP contribution in [0, 0.1) is 12.8 Å². The van der Waals surface area contributed by atoms with Gasteiger partial charge in [-0.05, 0) is 19.8 Å². The Labute approximate surface area is 104 Å². The number of rotatable bonds is 2. The Kier molecular flexibility index (Phi) is 7.93. The third-order valence-corrected chi connectivity index (χ3v) is 1.95. The van der Waals surface area contributed by atoms with Crippen molar-refractivity contribution in [3.63, 3.8) is 0 Å². The number of carbonyl (C=O) groups excluding carboxylic acids is 1. The summed E-state index contributed by atoms with van der Waals surface area (Å²) in [5.41, 5.74) is 0.814. The van der Waals surface area contributed by atoms with E-state index in [1.54, 1.807) is 12.4 Å². The lowest BCUT2D eigenvalue weighted by molar-refractivity contribution is -0.117.